The molecule has 1 atom stereocenters. The first-order valence-electron chi connectivity index (χ1n) is 4.63. The van der Waals surface area contributed by atoms with Gasteiger partial charge in [-0.3, -0.25) is 0 Å². The quantitative estimate of drug-likeness (QED) is 0.795. The second kappa shape index (κ2) is 4.78. The number of ether oxygens (including phenoxy) is 1. The van der Waals surface area contributed by atoms with E-state index in [1.54, 1.807) is 12.1 Å². The monoisotopic (exact) mass is 260 g/mol. The highest BCUT2D eigenvalue weighted by Gasteiger charge is 2.15. The molecule has 0 bridgehead atoms. The fraction of sp³-hybridized carbons (Fsp3) is 0.455. The molecule has 0 saturated heterocycles. The Morgan fingerprint density at radius 1 is 1.50 bits per heavy atom. The van der Waals surface area contributed by atoms with Crippen LogP contribution in [-0.2, 0) is 0 Å². The highest BCUT2D eigenvalue weighted by molar-refractivity contribution is 9.10. The zero-order valence-electron chi connectivity index (χ0n) is 8.60. The highest BCUT2D eigenvalue weighted by atomic mass is 79.9. The van der Waals surface area contributed by atoms with Crippen molar-refractivity contribution in [3.63, 3.8) is 0 Å². The summed E-state index contributed by atoms with van der Waals surface area (Å²) in [5, 5.41) is 0. The smallest absolute Gasteiger partial charge is 0.144 e. The van der Waals surface area contributed by atoms with Crippen molar-refractivity contribution in [3.05, 3.63) is 28.0 Å². The van der Waals surface area contributed by atoms with Gasteiger partial charge in [0.05, 0.1) is 11.6 Å². The second-order valence-electron chi connectivity index (χ2n) is 3.29. The highest BCUT2D eigenvalue weighted by Crippen LogP contribution is 2.33. The second-order valence-corrected chi connectivity index (χ2v) is 4.09. The maximum absolute atomic E-state index is 13.8. The van der Waals surface area contributed by atoms with Crippen molar-refractivity contribution in [2.75, 3.05) is 7.11 Å². The predicted octanol–water partition coefficient (Wildman–Crippen LogP) is 4.11. The van der Waals surface area contributed by atoms with Crippen LogP contribution in [-0.4, -0.2) is 7.11 Å². The van der Waals surface area contributed by atoms with E-state index in [9.17, 15) is 4.39 Å². The molecule has 14 heavy (non-hydrogen) atoms. The van der Waals surface area contributed by atoms with E-state index >= 15 is 0 Å². The molecule has 1 rings (SSSR count). The molecule has 1 aromatic rings. The molecule has 0 heterocycles. The van der Waals surface area contributed by atoms with Crippen molar-refractivity contribution >= 4 is 15.9 Å². The average Bonchev–Trinajstić information content (AvgIpc) is 2.21. The molecular formula is C11H14BrFO. The number of halogens is 2. The van der Waals surface area contributed by atoms with Gasteiger partial charge in [-0.1, -0.05) is 19.9 Å². The summed E-state index contributed by atoms with van der Waals surface area (Å²) in [5.74, 6) is 0.561. The number of rotatable bonds is 3. The summed E-state index contributed by atoms with van der Waals surface area (Å²) in [4.78, 5) is 0. The molecule has 1 aromatic carbocycles. The van der Waals surface area contributed by atoms with Crippen molar-refractivity contribution in [2.24, 2.45) is 0 Å². The Labute approximate surface area is 92.4 Å². The van der Waals surface area contributed by atoms with E-state index in [2.05, 4.69) is 15.9 Å². The average molecular weight is 261 g/mol. The third kappa shape index (κ3) is 2.08. The lowest BCUT2D eigenvalue weighted by Gasteiger charge is -2.13. The Morgan fingerprint density at radius 3 is 2.64 bits per heavy atom. The Kier molecular flexibility index (Phi) is 3.93. The van der Waals surface area contributed by atoms with Crippen LogP contribution in [0, 0.1) is 5.82 Å². The van der Waals surface area contributed by atoms with Gasteiger partial charge in [0.25, 0.3) is 0 Å². The van der Waals surface area contributed by atoms with Crippen LogP contribution in [0.3, 0.4) is 0 Å². The van der Waals surface area contributed by atoms with E-state index in [4.69, 9.17) is 4.74 Å². The molecular weight excluding hydrogens is 247 g/mol. The van der Waals surface area contributed by atoms with Crippen LogP contribution >= 0.6 is 15.9 Å². The molecule has 0 radical (unpaired) electrons. The zero-order chi connectivity index (χ0) is 10.7. The topological polar surface area (TPSA) is 9.23 Å². The molecule has 0 N–H and O–H groups in total. The van der Waals surface area contributed by atoms with Crippen molar-refractivity contribution in [1.29, 1.82) is 0 Å². The molecule has 0 spiro atoms. The minimum atomic E-state index is -0.210. The lowest BCUT2D eigenvalue weighted by Crippen LogP contribution is -1.98. The van der Waals surface area contributed by atoms with Gasteiger partial charge >= 0.3 is 0 Å². The molecule has 0 aliphatic rings. The van der Waals surface area contributed by atoms with Gasteiger partial charge in [-0.15, -0.1) is 0 Å². The molecule has 78 valence electrons. The summed E-state index contributed by atoms with van der Waals surface area (Å²) in [7, 11) is 1.53. The minimum Gasteiger partial charge on any atom is -0.495 e. The van der Waals surface area contributed by atoms with Crippen molar-refractivity contribution in [2.45, 2.75) is 26.2 Å². The van der Waals surface area contributed by atoms with E-state index in [0.717, 1.165) is 12.0 Å². The number of benzene rings is 1. The standard InChI is InChI=1S/C11H14BrFO/c1-4-7(2)8-5-6-9(14-3)10(12)11(8)13/h5-7H,4H2,1-3H3. The molecule has 0 fully saturated rings. The number of methoxy groups -OCH3 is 1. The molecule has 3 heteroatoms. The third-order valence-electron chi connectivity index (χ3n) is 2.44. The summed E-state index contributed by atoms with van der Waals surface area (Å²) in [6.07, 6.45) is 0.926. The van der Waals surface area contributed by atoms with Gasteiger partial charge < -0.3 is 4.74 Å². The Hall–Kier alpha value is -0.570. The van der Waals surface area contributed by atoms with Crippen molar-refractivity contribution in [1.82, 2.24) is 0 Å². The lowest BCUT2D eigenvalue weighted by atomic mass is 9.98. The van der Waals surface area contributed by atoms with Gasteiger partial charge in [0.2, 0.25) is 0 Å². The number of hydrogen-bond acceptors (Lipinski definition) is 1. The Balaban J connectivity index is 3.17. The lowest BCUT2D eigenvalue weighted by molar-refractivity contribution is 0.406. The van der Waals surface area contributed by atoms with E-state index in [1.165, 1.54) is 7.11 Å². The van der Waals surface area contributed by atoms with E-state index in [-0.39, 0.29) is 11.7 Å². The van der Waals surface area contributed by atoms with Gasteiger partial charge in [-0.25, -0.2) is 4.39 Å². The van der Waals surface area contributed by atoms with Crippen LogP contribution in [0.2, 0.25) is 0 Å². The largest absolute Gasteiger partial charge is 0.495 e. The van der Waals surface area contributed by atoms with E-state index in [1.807, 2.05) is 13.8 Å². The van der Waals surface area contributed by atoms with Gasteiger partial charge in [0.15, 0.2) is 0 Å². The van der Waals surface area contributed by atoms with Crippen LogP contribution in [0.25, 0.3) is 0 Å². The van der Waals surface area contributed by atoms with Gasteiger partial charge in [-0.05, 0) is 39.9 Å². The summed E-state index contributed by atoms with van der Waals surface area (Å²) >= 11 is 3.19. The van der Waals surface area contributed by atoms with Crippen LogP contribution < -0.4 is 4.74 Å². The molecule has 0 saturated carbocycles. The summed E-state index contributed by atoms with van der Waals surface area (Å²) in [6, 6.07) is 3.57. The first kappa shape index (κ1) is 11.5. The fourth-order valence-electron chi connectivity index (χ4n) is 1.30. The molecule has 0 aliphatic carbocycles. The number of hydrogen-bond donors (Lipinski definition) is 0. The van der Waals surface area contributed by atoms with Gasteiger partial charge in [0, 0.05) is 0 Å². The van der Waals surface area contributed by atoms with Crippen LogP contribution in [0.15, 0.2) is 16.6 Å². The van der Waals surface area contributed by atoms with Crippen LogP contribution in [0.1, 0.15) is 31.7 Å². The summed E-state index contributed by atoms with van der Waals surface area (Å²) < 4.78 is 19.2. The van der Waals surface area contributed by atoms with Crippen molar-refractivity contribution in [3.8, 4) is 5.75 Å². The van der Waals surface area contributed by atoms with Crippen molar-refractivity contribution < 1.29 is 9.13 Å². The summed E-state index contributed by atoms with van der Waals surface area (Å²) in [5.41, 5.74) is 0.736. The predicted molar refractivity (Wildman–Crippen MR) is 59.4 cm³/mol. The first-order valence-corrected chi connectivity index (χ1v) is 5.43. The van der Waals surface area contributed by atoms with Gasteiger partial charge in [0.1, 0.15) is 11.6 Å². The molecule has 1 nitrogen and oxygen atoms in total. The molecule has 1 unspecified atom stereocenters. The maximum atomic E-state index is 13.8. The first-order chi connectivity index (χ1) is 6.61. The molecule has 0 aliphatic heterocycles. The Bertz CT molecular complexity index is 325. The van der Waals surface area contributed by atoms with Crippen LogP contribution in [0.4, 0.5) is 4.39 Å². The van der Waals surface area contributed by atoms with E-state index < -0.39 is 0 Å². The molecule has 0 amide bonds. The third-order valence-corrected chi connectivity index (χ3v) is 3.18. The van der Waals surface area contributed by atoms with Crippen LogP contribution in [0.5, 0.6) is 5.75 Å². The normalized spacial score (nSPS) is 12.6. The summed E-state index contributed by atoms with van der Waals surface area (Å²) in [6.45, 7) is 4.06. The minimum absolute atomic E-state index is 0.210. The Morgan fingerprint density at radius 2 is 2.14 bits per heavy atom. The molecule has 0 aromatic heterocycles. The maximum Gasteiger partial charge on any atom is 0.144 e. The van der Waals surface area contributed by atoms with E-state index in [0.29, 0.717) is 10.2 Å². The zero-order valence-corrected chi connectivity index (χ0v) is 10.2. The fourth-order valence-corrected chi connectivity index (χ4v) is 1.83. The SMILES string of the molecule is CCC(C)c1ccc(OC)c(Br)c1F. The van der Waals surface area contributed by atoms with Gasteiger partial charge in [-0.2, -0.15) is 0 Å².